The van der Waals surface area contributed by atoms with Crippen LogP contribution >= 0.6 is 15.9 Å². The molecule has 0 aliphatic heterocycles. The lowest BCUT2D eigenvalue weighted by Crippen LogP contribution is -2.26. The van der Waals surface area contributed by atoms with Crippen molar-refractivity contribution in [1.29, 1.82) is 0 Å². The molecule has 32 heavy (non-hydrogen) atoms. The van der Waals surface area contributed by atoms with E-state index in [0.717, 1.165) is 15.6 Å². The van der Waals surface area contributed by atoms with Crippen LogP contribution in [0.3, 0.4) is 0 Å². The van der Waals surface area contributed by atoms with Crippen molar-refractivity contribution in [2.45, 2.75) is 37.5 Å². The summed E-state index contributed by atoms with van der Waals surface area (Å²) < 4.78 is 28.5. The van der Waals surface area contributed by atoms with Gasteiger partial charge in [0, 0.05) is 22.3 Å². The highest BCUT2D eigenvalue weighted by molar-refractivity contribution is 9.10. The van der Waals surface area contributed by atoms with Gasteiger partial charge in [-0.3, -0.25) is 4.79 Å². The summed E-state index contributed by atoms with van der Waals surface area (Å²) in [5.41, 5.74) is 3.18. The van der Waals surface area contributed by atoms with E-state index in [1.807, 2.05) is 36.4 Å². The van der Waals surface area contributed by atoms with Gasteiger partial charge in [-0.25, -0.2) is 13.1 Å². The van der Waals surface area contributed by atoms with Gasteiger partial charge in [-0.05, 0) is 59.4 Å². The van der Waals surface area contributed by atoms with Crippen molar-refractivity contribution in [3.05, 3.63) is 94.0 Å². The number of amides is 1. The molecule has 0 heterocycles. The SMILES string of the molecule is CC(C)(C)c1ccc(C(=O)Nc2ccc(S(=O)(=O)NCCc3ccccc3)cc2)cc1Br. The maximum Gasteiger partial charge on any atom is 0.255 e. The van der Waals surface area contributed by atoms with Gasteiger partial charge in [0.25, 0.3) is 5.91 Å². The van der Waals surface area contributed by atoms with Gasteiger partial charge >= 0.3 is 0 Å². The molecule has 0 saturated heterocycles. The van der Waals surface area contributed by atoms with Crippen molar-refractivity contribution in [1.82, 2.24) is 4.72 Å². The van der Waals surface area contributed by atoms with E-state index in [-0.39, 0.29) is 16.2 Å². The zero-order valence-corrected chi connectivity index (χ0v) is 20.8. The average molecular weight is 515 g/mol. The topological polar surface area (TPSA) is 75.3 Å². The van der Waals surface area contributed by atoms with Gasteiger partial charge in [0.05, 0.1) is 4.90 Å². The molecule has 0 aromatic heterocycles. The number of halogens is 1. The van der Waals surface area contributed by atoms with Crippen LogP contribution in [0.5, 0.6) is 0 Å². The van der Waals surface area contributed by atoms with Gasteiger partial charge in [0.2, 0.25) is 10.0 Å². The second-order valence-electron chi connectivity index (χ2n) is 8.56. The number of carbonyl (C=O) groups excluding carboxylic acids is 1. The lowest BCUT2D eigenvalue weighted by molar-refractivity contribution is 0.102. The molecule has 0 radical (unpaired) electrons. The first-order valence-corrected chi connectivity index (χ1v) is 12.6. The summed E-state index contributed by atoms with van der Waals surface area (Å²) in [6.07, 6.45) is 0.609. The van der Waals surface area contributed by atoms with Crippen LogP contribution in [0, 0.1) is 0 Å². The number of carbonyl (C=O) groups is 1. The van der Waals surface area contributed by atoms with E-state index in [0.29, 0.717) is 24.2 Å². The van der Waals surface area contributed by atoms with Crippen LogP contribution in [0.25, 0.3) is 0 Å². The van der Waals surface area contributed by atoms with Crippen molar-refractivity contribution in [2.24, 2.45) is 0 Å². The van der Waals surface area contributed by atoms with E-state index in [9.17, 15) is 13.2 Å². The first-order chi connectivity index (χ1) is 15.1. The van der Waals surface area contributed by atoms with Gasteiger partial charge in [0.15, 0.2) is 0 Å². The van der Waals surface area contributed by atoms with Gasteiger partial charge in [-0.1, -0.05) is 73.1 Å². The molecule has 0 bridgehead atoms. The van der Waals surface area contributed by atoms with Gasteiger partial charge in [0.1, 0.15) is 0 Å². The van der Waals surface area contributed by atoms with Crippen molar-refractivity contribution >= 4 is 37.5 Å². The molecule has 1 amide bonds. The molecule has 3 aromatic rings. The Morgan fingerprint density at radius 2 is 1.59 bits per heavy atom. The fourth-order valence-electron chi connectivity index (χ4n) is 3.24. The molecular weight excluding hydrogens is 488 g/mol. The Hall–Kier alpha value is -2.48. The minimum atomic E-state index is -3.62. The summed E-state index contributed by atoms with van der Waals surface area (Å²) in [6, 6.07) is 21.4. The Labute approximate surface area is 198 Å². The van der Waals surface area contributed by atoms with Crippen LogP contribution in [0.1, 0.15) is 42.3 Å². The monoisotopic (exact) mass is 514 g/mol. The Bertz CT molecular complexity index is 1190. The lowest BCUT2D eigenvalue weighted by atomic mass is 9.86. The number of hydrogen-bond acceptors (Lipinski definition) is 3. The molecule has 168 valence electrons. The quantitative estimate of drug-likeness (QED) is 0.435. The lowest BCUT2D eigenvalue weighted by Gasteiger charge is -2.21. The van der Waals surface area contributed by atoms with E-state index in [4.69, 9.17) is 0 Å². The summed E-state index contributed by atoms with van der Waals surface area (Å²) >= 11 is 3.55. The highest BCUT2D eigenvalue weighted by Crippen LogP contribution is 2.30. The van der Waals surface area contributed by atoms with Crippen LogP contribution < -0.4 is 10.0 Å². The molecule has 0 unspecified atom stereocenters. The predicted octanol–water partition coefficient (Wildman–Crippen LogP) is 5.52. The molecule has 2 N–H and O–H groups in total. The first kappa shape index (κ1) is 24.2. The maximum absolute atomic E-state index is 12.6. The summed E-state index contributed by atoms with van der Waals surface area (Å²) in [5, 5.41) is 2.81. The van der Waals surface area contributed by atoms with Crippen LogP contribution in [0.4, 0.5) is 5.69 Å². The van der Waals surface area contributed by atoms with Gasteiger partial charge < -0.3 is 5.32 Å². The third-order valence-corrected chi connectivity index (χ3v) is 7.14. The Morgan fingerprint density at radius 3 is 2.19 bits per heavy atom. The Kier molecular flexibility index (Phi) is 7.54. The standard InChI is InChI=1S/C25H27BrN2O3S/c1-25(2,3)22-14-9-19(17-23(22)26)24(29)28-20-10-12-21(13-11-20)32(30,31)27-16-15-18-7-5-4-6-8-18/h4-14,17,27H,15-16H2,1-3H3,(H,28,29). The minimum absolute atomic E-state index is 0.0374. The molecule has 0 spiro atoms. The summed E-state index contributed by atoms with van der Waals surface area (Å²) in [5.74, 6) is -0.261. The maximum atomic E-state index is 12.6. The van der Waals surface area contributed by atoms with E-state index in [1.165, 1.54) is 12.1 Å². The molecule has 0 aliphatic carbocycles. The smallest absolute Gasteiger partial charge is 0.255 e. The molecule has 0 aliphatic rings. The van der Waals surface area contributed by atoms with Crippen LogP contribution in [-0.2, 0) is 21.9 Å². The Morgan fingerprint density at radius 1 is 0.938 bits per heavy atom. The van der Waals surface area contributed by atoms with Crippen LogP contribution in [-0.4, -0.2) is 20.9 Å². The zero-order valence-electron chi connectivity index (χ0n) is 18.4. The van der Waals surface area contributed by atoms with Crippen molar-refractivity contribution in [3.8, 4) is 0 Å². The third-order valence-electron chi connectivity index (χ3n) is 5.01. The molecular formula is C25H27BrN2O3S. The minimum Gasteiger partial charge on any atom is -0.322 e. The van der Waals surface area contributed by atoms with E-state index in [1.54, 1.807) is 24.3 Å². The highest BCUT2D eigenvalue weighted by atomic mass is 79.9. The number of hydrogen-bond donors (Lipinski definition) is 2. The number of rotatable bonds is 7. The Balaban J connectivity index is 1.62. The number of anilines is 1. The average Bonchev–Trinajstić information content (AvgIpc) is 2.74. The molecule has 7 heteroatoms. The van der Waals surface area contributed by atoms with Crippen LogP contribution in [0.2, 0.25) is 0 Å². The summed E-state index contributed by atoms with van der Waals surface area (Å²) in [4.78, 5) is 12.8. The molecule has 0 fully saturated rings. The fourth-order valence-corrected chi connectivity index (χ4v) is 5.25. The van der Waals surface area contributed by atoms with Crippen molar-refractivity contribution in [2.75, 3.05) is 11.9 Å². The first-order valence-electron chi connectivity index (χ1n) is 10.3. The number of nitrogens with one attached hydrogen (secondary N) is 2. The number of benzene rings is 3. The molecule has 5 nitrogen and oxygen atoms in total. The third kappa shape index (κ3) is 6.28. The second kappa shape index (κ2) is 9.98. The fraction of sp³-hybridized carbons (Fsp3) is 0.240. The second-order valence-corrected chi connectivity index (χ2v) is 11.2. The van der Waals surface area contributed by atoms with Crippen molar-refractivity contribution < 1.29 is 13.2 Å². The summed E-state index contributed by atoms with van der Waals surface area (Å²) in [7, 11) is -3.62. The van der Waals surface area contributed by atoms with Gasteiger partial charge in [-0.2, -0.15) is 0 Å². The molecule has 0 saturated carbocycles. The zero-order chi connectivity index (χ0) is 23.4. The molecule has 3 rings (SSSR count). The van der Waals surface area contributed by atoms with Crippen LogP contribution in [0.15, 0.2) is 82.2 Å². The van der Waals surface area contributed by atoms with E-state index >= 15 is 0 Å². The van der Waals surface area contributed by atoms with E-state index < -0.39 is 10.0 Å². The predicted molar refractivity (Wildman–Crippen MR) is 133 cm³/mol. The molecule has 0 atom stereocenters. The summed E-state index contributed by atoms with van der Waals surface area (Å²) in [6.45, 7) is 6.64. The largest absolute Gasteiger partial charge is 0.322 e. The highest BCUT2D eigenvalue weighted by Gasteiger charge is 2.19. The molecule has 3 aromatic carbocycles. The van der Waals surface area contributed by atoms with Gasteiger partial charge in [-0.15, -0.1) is 0 Å². The van der Waals surface area contributed by atoms with Crippen molar-refractivity contribution in [3.63, 3.8) is 0 Å². The van der Waals surface area contributed by atoms with E-state index in [2.05, 4.69) is 46.7 Å². The normalized spacial score (nSPS) is 11.9. The number of sulfonamides is 1.